The van der Waals surface area contributed by atoms with Crippen molar-refractivity contribution in [2.75, 3.05) is 12.3 Å². The topological polar surface area (TPSA) is 55.1 Å². The van der Waals surface area contributed by atoms with Crippen LogP contribution < -0.4 is 11.1 Å². The van der Waals surface area contributed by atoms with Crippen LogP contribution in [-0.4, -0.2) is 17.9 Å². The molecule has 0 radical (unpaired) electrons. The number of hydrogen-bond acceptors (Lipinski definition) is 3. The average Bonchev–Trinajstić information content (AvgIpc) is 2.80. The maximum absolute atomic E-state index is 12.8. The lowest BCUT2D eigenvalue weighted by atomic mass is 9.81. The first kappa shape index (κ1) is 14.4. The summed E-state index contributed by atoms with van der Waals surface area (Å²) in [6.07, 6.45) is 2.79. The number of hydrogen-bond donors (Lipinski definition) is 2. The number of carbonyl (C=O) groups excluding carboxylic acids is 1. The highest BCUT2D eigenvalue weighted by molar-refractivity contribution is 6.33. The minimum atomic E-state index is -0.423. The molecule has 1 fully saturated rings. The van der Waals surface area contributed by atoms with Crippen molar-refractivity contribution < 1.29 is 4.79 Å². The van der Waals surface area contributed by atoms with Crippen molar-refractivity contribution in [3.05, 3.63) is 28.8 Å². The monoisotopic (exact) mass is 280 g/mol. The number of anilines is 1. The number of ketones is 1. The highest BCUT2D eigenvalue weighted by Crippen LogP contribution is 2.32. The van der Waals surface area contributed by atoms with Gasteiger partial charge in [0.25, 0.3) is 0 Å². The minimum Gasteiger partial charge on any atom is -0.398 e. The summed E-state index contributed by atoms with van der Waals surface area (Å²) >= 11 is 6.02. The van der Waals surface area contributed by atoms with Gasteiger partial charge in [0.15, 0.2) is 5.78 Å². The third-order valence-corrected chi connectivity index (χ3v) is 4.03. The summed E-state index contributed by atoms with van der Waals surface area (Å²) in [4.78, 5) is 12.8. The van der Waals surface area contributed by atoms with E-state index in [1.165, 1.54) is 0 Å². The standard InChI is InChI=1S/C15H21ClN2O/c1-10(2)9-15(6-3-7-18-15)14(19)11-4-5-13(17)12(16)8-11/h4-5,8,10,18H,3,6-7,9,17H2,1-2H3/t15-/m1/s1. The molecule has 1 aromatic carbocycles. The molecule has 3 N–H and O–H groups in total. The summed E-state index contributed by atoms with van der Waals surface area (Å²) in [5, 5.41) is 3.86. The third-order valence-electron chi connectivity index (χ3n) is 3.70. The van der Waals surface area contributed by atoms with E-state index in [9.17, 15) is 4.79 Å². The minimum absolute atomic E-state index is 0.139. The molecule has 1 atom stereocenters. The Morgan fingerprint density at radius 3 is 2.79 bits per heavy atom. The average molecular weight is 281 g/mol. The van der Waals surface area contributed by atoms with Crippen molar-refractivity contribution in [3.8, 4) is 0 Å². The molecule has 0 aromatic heterocycles. The molecular weight excluding hydrogens is 260 g/mol. The molecule has 4 heteroatoms. The van der Waals surface area contributed by atoms with Crippen LogP contribution in [0.2, 0.25) is 5.02 Å². The van der Waals surface area contributed by atoms with Gasteiger partial charge in [-0.1, -0.05) is 25.4 Å². The van der Waals surface area contributed by atoms with Gasteiger partial charge in [0.05, 0.1) is 16.2 Å². The highest BCUT2D eigenvalue weighted by atomic mass is 35.5. The zero-order valence-electron chi connectivity index (χ0n) is 11.5. The van der Waals surface area contributed by atoms with Crippen molar-refractivity contribution in [3.63, 3.8) is 0 Å². The summed E-state index contributed by atoms with van der Waals surface area (Å²) in [7, 11) is 0. The van der Waals surface area contributed by atoms with E-state index in [0.717, 1.165) is 25.8 Å². The van der Waals surface area contributed by atoms with E-state index in [0.29, 0.717) is 22.2 Å². The molecule has 0 aliphatic carbocycles. The summed E-state index contributed by atoms with van der Waals surface area (Å²) < 4.78 is 0. The summed E-state index contributed by atoms with van der Waals surface area (Å²) in [6.45, 7) is 5.19. The fourth-order valence-corrected chi connectivity index (χ4v) is 3.09. The Balaban J connectivity index is 2.31. The van der Waals surface area contributed by atoms with Gasteiger partial charge in [-0.25, -0.2) is 0 Å². The van der Waals surface area contributed by atoms with Gasteiger partial charge in [-0.2, -0.15) is 0 Å². The summed E-state index contributed by atoms with van der Waals surface area (Å²) in [5.74, 6) is 0.611. The second kappa shape index (κ2) is 5.51. The number of benzene rings is 1. The Morgan fingerprint density at radius 1 is 1.53 bits per heavy atom. The van der Waals surface area contributed by atoms with E-state index in [1.54, 1.807) is 18.2 Å². The van der Waals surface area contributed by atoms with Crippen molar-refractivity contribution in [2.24, 2.45) is 5.92 Å². The number of carbonyl (C=O) groups is 1. The smallest absolute Gasteiger partial charge is 0.182 e. The van der Waals surface area contributed by atoms with E-state index < -0.39 is 5.54 Å². The largest absolute Gasteiger partial charge is 0.398 e. The first-order valence-corrected chi connectivity index (χ1v) is 7.17. The lowest BCUT2D eigenvalue weighted by Crippen LogP contribution is -2.48. The summed E-state index contributed by atoms with van der Waals surface area (Å²) in [5.41, 5.74) is 6.43. The van der Waals surface area contributed by atoms with Gasteiger partial charge in [0.1, 0.15) is 0 Å². The van der Waals surface area contributed by atoms with Crippen LogP contribution in [0, 0.1) is 5.92 Å². The Bertz CT molecular complexity index is 479. The van der Waals surface area contributed by atoms with E-state index in [1.807, 2.05) is 0 Å². The fraction of sp³-hybridized carbons (Fsp3) is 0.533. The van der Waals surface area contributed by atoms with Crippen molar-refractivity contribution in [1.29, 1.82) is 0 Å². The van der Waals surface area contributed by atoms with Crippen LogP contribution in [0.4, 0.5) is 5.69 Å². The molecule has 1 heterocycles. The van der Waals surface area contributed by atoms with E-state index in [-0.39, 0.29) is 5.78 Å². The Morgan fingerprint density at radius 2 is 2.26 bits per heavy atom. The predicted molar refractivity (Wildman–Crippen MR) is 79.6 cm³/mol. The third kappa shape index (κ3) is 2.93. The van der Waals surface area contributed by atoms with E-state index >= 15 is 0 Å². The number of nitrogens with two attached hydrogens (primary N) is 1. The molecule has 1 aliphatic heterocycles. The molecule has 3 nitrogen and oxygen atoms in total. The summed E-state index contributed by atoms with van der Waals surface area (Å²) in [6, 6.07) is 5.15. The molecule has 2 rings (SSSR count). The highest BCUT2D eigenvalue weighted by Gasteiger charge is 2.41. The molecule has 1 aliphatic rings. The molecular formula is C15H21ClN2O. The molecule has 1 saturated heterocycles. The lowest BCUT2D eigenvalue weighted by molar-refractivity contribution is 0.0844. The maximum atomic E-state index is 12.8. The van der Waals surface area contributed by atoms with Crippen LogP contribution in [0.25, 0.3) is 0 Å². The molecule has 0 amide bonds. The molecule has 0 unspecified atom stereocenters. The SMILES string of the molecule is CC(C)C[C@@]1(C(=O)c2ccc(N)c(Cl)c2)CCCN1. The molecule has 1 aromatic rings. The number of nitrogen functional groups attached to an aromatic ring is 1. The zero-order valence-corrected chi connectivity index (χ0v) is 12.3. The normalized spacial score (nSPS) is 22.9. The molecule has 0 bridgehead atoms. The van der Waals surface area contributed by atoms with Gasteiger partial charge in [0.2, 0.25) is 0 Å². The van der Waals surface area contributed by atoms with Crippen molar-refractivity contribution in [2.45, 2.75) is 38.6 Å². The van der Waals surface area contributed by atoms with Gasteiger partial charge in [-0.15, -0.1) is 0 Å². The number of halogens is 1. The van der Waals surface area contributed by atoms with Crippen LogP contribution in [-0.2, 0) is 0 Å². The Hall–Kier alpha value is -1.06. The van der Waals surface area contributed by atoms with E-state index in [2.05, 4.69) is 19.2 Å². The first-order chi connectivity index (χ1) is 8.94. The Labute approximate surface area is 119 Å². The van der Waals surface area contributed by atoms with Gasteiger partial charge >= 0.3 is 0 Å². The van der Waals surface area contributed by atoms with E-state index in [4.69, 9.17) is 17.3 Å². The first-order valence-electron chi connectivity index (χ1n) is 6.79. The second-order valence-electron chi connectivity index (χ2n) is 5.78. The lowest BCUT2D eigenvalue weighted by Gasteiger charge is -2.30. The van der Waals surface area contributed by atoms with Crippen LogP contribution in [0.1, 0.15) is 43.5 Å². The maximum Gasteiger partial charge on any atom is 0.182 e. The quantitative estimate of drug-likeness (QED) is 0.657. The van der Waals surface area contributed by atoms with Crippen LogP contribution in [0.15, 0.2) is 18.2 Å². The zero-order chi connectivity index (χ0) is 14.0. The van der Waals surface area contributed by atoms with Crippen LogP contribution >= 0.6 is 11.6 Å². The van der Waals surface area contributed by atoms with Gasteiger partial charge in [-0.3, -0.25) is 4.79 Å². The van der Waals surface area contributed by atoms with Crippen LogP contribution in [0.3, 0.4) is 0 Å². The van der Waals surface area contributed by atoms with Crippen molar-refractivity contribution >= 4 is 23.1 Å². The fourth-order valence-electron chi connectivity index (χ4n) is 2.91. The van der Waals surface area contributed by atoms with Gasteiger partial charge in [-0.05, 0) is 49.9 Å². The molecule has 19 heavy (non-hydrogen) atoms. The molecule has 0 spiro atoms. The predicted octanol–water partition coefficient (Wildman–Crippen LogP) is 3.27. The molecule has 0 saturated carbocycles. The van der Waals surface area contributed by atoms with Crippen molar-refractivity contribution in [1.82, 2.24) is 5.32 Å². The number of nitrogens with one attached hydrogen (secondary N) is 1. The van der Waals surface area contributed by atoms with Crippen LogP contribution in [0.5, 0.6) is 0 Å². The van der Waals surface area contributed by atoms with Gasteiger partial charge < -0.3 is 11.1 Å². The number of Topliss-reactive ketones (excluding diaryl/α,β-unsaturated/α-hetero) is 1. The number of rotatable bonds is 4. The molecule has 104 valence electrons. The Kier molecular flexibility index (Phi) is 4.16. The van der Waals surface area contributed by atoms with Gasteiger partial charge in [0, 0.05) is 5.56 Å². The second-order valence-corrected chi connectivity index (χ2v) is 6.18.